The molecule has 0 radical (unpaired) electrons. The van der Waals surface area contributed by atoms with Crippen molar-refractivity contribution in [2.75, 3.05) is 13.7 Å². The summed E-state index contributed by atoms with van der Waals surface area (Å²) in [6.45, 7) is 0.758. The first kappa shape index (κ1) is 8.81. The quantitative estimate of drug-likeness (QED) is 0.601. The van der Waals surface area contributed by atoms with E-state index in [-0.39, 0.29) is 18.2 Å². The summed E-state index contributed by atoms with van der Waals surface area (Å²) in [5.74, 6) is 0.471. The van der Waals surface area contributed by atoms with Gasteiger partial charge in [0.1, 0.15) is 0 Å². The average molecular weight is 185 g/mol. The SMILES string of the molecule is COC(=O)N1CC2CCC1C(O)C2. The van der Waals surface area contributed by atoms with Gasteiger partial charge in [0.15, 0.2) is 0 Å². The van der Waals surface area contributed by atoms with Crippen molar-refractivity contribution in [3.05, 3.63) is 0 Å². The average Bonchev–Trinajstić information content (AvgIpc) is 2.17. The van der Waals surface area contributed by atoms with Crippen molar-refractivity contribution >= 4 is 6.09 Å². The number of fused-ring (bicyclic) bond motifs is 3. The van der Waals surface area contributed by atoms with Gasteiger partial charge in [-0.2, -0.15) is 0 Å². The van der Waals surface area contributed by atoms with Gasteiger partial charge in [-0.3, -0.25) is 0 Å². The van der Waals surface area contributed by atoms with Crippen LogP contribution in [0.2, 0.25) is 0 Å². The summed E-state index contributed by atoms with van der Waals surface area (Å²) >= 11 is 0. The monoisotopic (exact) mass is 185 g/mol. The van der Waals surface area contributed by atoms with Crippen molar-refractivity contribution < 1.29 is 14.6 Å². The fraction of sp³-hybridized carbons (Fsp3) is 0.889. The fourth-order valence-corrected chi connectivity index (χ4v) is 2.49. The molecule has 74 valence electrons. The molecule has 0 spiro atoms. The van der Waals surface area contributed by atoms with Crippen LogP contribution >= 0.6 is 0 Å². The second kappa shape index (κ2) is 3.18. The number of carbonyl (C=O) groups excluding carboxylic acids is 1. The minimum Gasteiger partial charge on any atom is -0.453 e. The van der Waals surface area contributed by atoms with E-state index in [2.05, 4.69) is 4.74 Å². The van der Waals surface area contributed by atoms with Crippen LogP contribution in [0.15, 0.2) is 0 Å². The van der Waals surface area contributed by atoms with E-state index >= 15 is 0 Å². The number of carbonyl (C=O) groups is 1. The number of hydrogen-bond acceptors (Lipinski definition) is 3. The van der Waals surface area contributed by atoms with Crippen LogP contribution in [0.3, 0.4) is 0 Å². The number of piperidine rings is 2. The van der Waals surface area contributed by atoms with Crippen molar-refractivity contribution in [2.45, 2.75) is 31.4 Å². The third-order valence-electron chi connectivity index (χ3n) is 3.15. The summed E-state index contributed by atoms with van der Waals surface area (Å²) in [5.41, 5.74) is 0. The van der Waals surface area contributed by atoms with Crippen LogP contribution in [0.5, 0.6) is 0 Å². The minimum atomic E-state index is -0.341. The highest BCUT2D eigenvalue weighted by Gasteiger charge is 2.42. The van der Waals surface area contributed by atoms with Gasteiger partial charge in [-0.05, 0) is 25.2 Å². The summed E-state index contributed by atoms with van der Waals surface area (Å²) < 4.78 is 4.67. The Morgan fingerprint density at radius 3 is 2.85 bits per heavy atom. The molecule has 2 aliphatic heterocycles. The van der Waals surface area contributed by atoms with Crippen molar-refractivity contribution in [1.29, 1.82) is 0 Å². The molecule has 3 aliphatic rings. The molecule has 1 aliphatic carbocycles. The lowest BCUT2D eigenvalue weighted by Crippen LogP contribution is -2.57. The van der Waals surface area contributed by atoms with Crippen molar-refractivity contribution in [2.24, 2.45) is 5.92 Å². The molecule has 0 aromatic heterocycles. The van der Waals surface area contributed by atoms with Crippen LogP contribution in [-0.2, 0) is 4.74 Å². The number of aliphatic hydroxyl groups excluding tert-OH is 1. The van der Waals surface area contributed by atoms with Crippen LogP contribution in [0, 0.1) is 5.92 Å². The molecule has 3 rings (SSSR count). The van der Waals surface area contributed by atoms with Crippen molar-refractivity contribution in [3.8, 4) is 0 Å². The summed E-state index contributed by atoms with van der Waals surface area (Å²) in [6, 6.07) is -0.00236. The van der Waals surface area contributed by atoms with Gasteiger partial charge in [0.05, 0.1) is 19.3 Å². The van der Waals surface area contributed by atoms with Gasteiger partial charge in [-0.15, -0.1) is 0 Å². The molecular formula is C9H15NO3. The molecule has 13 heavy (non-hydrogen) atoms. The highest BCUT2D eigenvalue weighted by molar-refractivity contribution is 5.68. The predicted octanol–water partition coefficient (Wildman–Crippen LogP) is 0.598. The Hall–Kier alpha value is -0.770. The molecule has 3 fully saturated rings. The Labute approximate surface area is 77.5 Å². The van der Waals surface area contributed by atoms with E-state index in [1.54, 1.807) is 4.90 Å². The molecule has 2 heterocycles. The Kier molecular flexibility index (Phi) is 2.15. The third kappa shape index (κ3) is 1.39. The Morgan fingerprint density at radius 1 is 1.54 bits per heavy atom. The topological polar surface area (TPSA) is 49.8 Å². The number of nitrogens with zero attached hydrogens (tertiary/aromatic N) is 1. The molecule has 1 saturated carbocycles. The lowest BCUT2D eigenvalue weighted by molar-refractivity contribution is -0.0461. The Bertz CT molecular complexity index is 219. The van der Waals surface area contributed by atoms with Crippen LogP contribution in [0.1, 0.15) is 19.3 Å². The van der Waals surface area contributed by atoms with Gasteiger partial charge < -0.3 is 14.7 Å². The third-order valence-corrected chi connectivity index (χ3v) is 3.15. The number of ether oxygens (including phenoxy) is 1. The first-order chi connectivity index (χ1) is 6.22. The Balaban J connectivity index is 2.10. The van der Waals surface area contributed by atoms with E-state index in [4.69, 9.17) is 0 Å². The van der Waals surface area contributed by atoms with E-state index in [0.29, 0.717) is 5.92 Å². The molecule has 3 atom stereocenters. The van der Waals surface area contributed by atoms with Gasteiger partial charge in [-0.25, -0.2) is 4.79 Å². The summed E-state index contributed by atoms with van der Waals surface area (Å²) in [7, 11) is 1.39. The standard InChI is InChI=1S/C9H15NO3/c1-13-9(12)10-5-6-2-3-7(10)8(11)4-6/h6-8,11H,2-5H2,1H3. The van der Waals surface area contributed by atoms with Gasteiger partial charge in [-0.1, -0.05) is 0 Å². The number of aliphatic hydroxyl groups is 1. The normalized spacial score (nSPS) is 37.7. The largest absolute Gasteiger partial charge is 0.453 e. The zero-order valence-corrected chi connectivity index (χ0v) is 7.77. The molecular weight excluding hydrogens is 170 g/mol. The number of methoxy groups -OCH3 is 1. The number of hydrogen-bond donors (Lipinski definition) is 1. The van der Waals surface area contributed by atoms with E-state index in [9.17, 15) is 9.90 Å². The lowest BCUT2D eigenvalue weighted by Gasteiger charge is -2.47. The molecule has 4 nitrogen and oxygen atoms in total. The van der Waals surface area contributed by atoms with E-state index in [1.807, 2.05) is 0 Å². The highest BCUT2D eigenvalue weighted by Crippen LogP contribution is 2.35. The summed E-state index contributed by atoms with van der Waals surface area (Å²) in [5, 5.41) is 9.66. The smallest absolute Gasteiger partial charge is 0.409 e. The van der Waals surface area contributed by atoms with Gasteiger partial charge in [0.2, 0.25) is 0 Å². The summed E-state index contributed by atoms with van der Waals surface area (Å²) in [6.07, 6.45) is 2.26. The first-order valence-electron chi connectivity index (χ1n) is 4.75. The van der Waals surface area contributed by atoms with Crippen LogP contribution in [0.25, 0.3) is 0 Å². The molecule has 1 amide bonds. The van der Waals surface area contributed by atoms with Crippen LogP contribution in [0.4, 0.5) is 4.79 Å². The fourth-order valence-electron chi connectivity index (χ4n) is 2.49. The van der Waals surface area contributed by atoms with Gasteiger partial charge >= 0.3 is 6.09 Å². The second-order valence-corrected chi connectivity index (χ2v) is 3.94. The van der Waals surface area contributed by atoms with E-state index < -0.39 is 0 Å². The molecule has 3 unspecified atom stereocenters. The molecule has 2 bridgehead atoms. The van der Waals surface area contributed by atoms with Crippen molar-refractivity contribution in [1.82, 2.24) is 4.90 Å². The second-order valence-electron chi connectivity index (χ2n) is 3.94. The number of amides is 1. The zero-order valence-electron chi connectivity index (χ0n) is 7.77. The van der Waals surface area contributed by atoms with Crippen molar-refractivity contribution in [3.63, 3.8) is 0 Å². The predicted molar refractivity (Wildman–Crippen MR) is 46.2 cm³/mol. The molecule has 2 saturated heterocycles. The number of rotatable bonds is 0. The maximum Gasteiger partial charge on any atom is 0.409 e. The molecule has 0 aromatic rings. The zero-order chi connectivity index (χ0) is 9.42. The summed E-state index contributed by atoms with van der Waals surface area (Å²) in [4.78, 5) is 13.0. The maximum atomic E-state index is 11.3. The van der Waals surface area contributed by atoms with Gasteiger partial charge in [0, 0.05) is 6.54 Å². The maximum absolute atomic E-state index is 11.3. The Morgan fingerprint density at radius 2 is 2.31 bits per heavy atom. The van der Waals surface area contributed by atoms with E-state index in [0.717, 1.165) is 25.8 Å². The molecule has 1 N–H and O–H groups in total. The highest BCUT2D eigenvalue weighted by atomic mass is 16.5. The minimum absolute atomic E-state index is 0.00236. The van der Waals surface area contributed by atoms with Crippen LogP contribution < -0.4 is 0 Å². The van der Waals surface area contributed by atoms with Gasteiger partial charge in [0.25, 0.3) is 0 Å². The van der Waals surface area contributed by atoms with E-state index in [1.165, 1.54) is 7.11 Å². The van der Waals surface area contributed by atoms with Crippen LogP contribution in [-0.4, -0.2) is 41.9 Å². The first-order valence-corrected chi connectivity index (χ1v) is 4.75. The lowest BCUT2D eigenvalue weighted by atomic mass is 9.78. The molecule has 4 heteroatoms. The molecule has 0 aromatic carbocycles.